The summed E-state index contributed by atoms with van der Waals surface area (Å²) in [6.07, 6.45) is 1.54. The first-order chi connectivity index (χ1) is 13.2. The van der Waals surface area contributed by atoms with Crippen molar-refractivity contribution in [1.29, 1.82) is 0 Å². The summed E-state index contributed by atoms with van der Waals surface area (Å²) in [5.41, 5.74) is 4.72. The maximum absolute atomic E-state index is 9.50. The van der Waals surface area contributed by atoms with Gasteiger partial charge in [-0.1, -0.05) is 29.8 Å². The van der Waals surface area contributed by atoms with E-state index in [0.29, 0.717) is 27.9 Å². The van der Waals surface area contributed by atoms with Gasteiger partial charge in [0, 0.05) is 10.7 Å². The van der Waals surface area contributed by atoms with Crippen LogP contribution in [-0.4, -0.2) is 31.6 Å². The van der Waals surface area contributed by atoms with Gasteiger partial charge in [0.2, 0.25) is 11.3 Å². The van der Waals surface area contributed by atoms with Crippen molar-refractivity contribution in [3.8, 4) is 5.75 Å². The summed E-state index contributed by atoms with van der Waals surface area (Å²) in [4.78, 5) is 8.64. The fourth-order valence-electron chi connectivity index (χ4n) is 2.28. The molecule has 2 aromatic carbocycles. The number of halogens is 1. The lowest BCUT2D eigenvalue weighted by Gasteiger charge is -2.09. The number of aromatic nitrogens is 4. The molecule has 0 aliphatic carbocycles. The standard InChI is InChI=1S/C17H12ClN7O2/c18-11-4-2-5-12(8-11)20-14-15(22-17-16(21-14)24-27-25-17)23-19-9-10-3-1-6-13(26)7-10/h1-9,26H,(H,20,21,24)(H,22,23,25). The molecule has 9 nitrogen and oxygen atoms in total. The Morgan fingerprint density at radius 2 is 1.78 bits per heavy atom. The van der Waals surface area contributed by atoms with Crippen LogP contribution in [0.25, 0.3) is 11.3 Å². The Labute approximate surface area is 157 Å². The van der Waals surface area contributed by atoms with E-state index in [0.717, 1.165) is 0 Å². The molecule has 4 rings (SSSR count). The third-order valence-electron chi connectivity index (χ3n) is 3.46. The molecule has 0 atom stereocenters. The SMILES string of the molecule is Oc1cccc(C=NNc2nc3nonc3nc2Nc2cccc(Cl)c2)c1. The molecule has 27 heavy (non-hydrogen) atoms. The molecule has 0 saturated heterocycles. The number of rotatable bonds is 5. The molecular formula is C17H12ClN7O2. The Balaban J connectivity index is 1.63. The molecule has 0 unspecified atom stereocenters. The van der Waals surface area contributed by atoms with Crippen molar-refractivity contribution in [3.05, 3.63) is 59.1 Å². The zero-order chi connectivity index (χ0) is 18.6. The normalized spacial score (nSPS) is 11.1. The first-order valence-electron chi connectivity index (χ1n) is 7.78. The minimum absolute atomic E-state index is 0.150. The van der Waals surface area contributed by atoms with E-state index in [4.69, 9.17) is 11.6 Å². The van der Waals surface area contributed by atoms with Gasteiger partial charge in [-0.2, -0.15) is 10.1 Å². The second-order valence-electron chi connectivity index (χ2n) is 5.43. The zero-order valence-electron chi connectivity index (χ0n) is 13.7. The number of fused-ring (bicyclic) bond motifs is 1. The van der Waals surface area contributed by atoms with E-state index in [1.807, 2.05) is 6.07 Å². The van der Waals surface area contributed by atoms with Gasteiger partial charge in [-0.15, -0.1) is 0 Å². The van der Waals surface area contributed by atoms with Gasteiger partial charge in [-0.25, -0.2) is 9.61 Å². The second-order valence-corrected chi connectivity index (χ2v) is 5.87. The number of hydrogen-bond donors (Lipinski definition) is 3. The molecule has 0 radical (unpaired) electrons. The fraction of sp³-hybridized carbons (Fsp3) is 0. The Bertz CT molecular complexity index is 1130. The molecule has 2 aromatic heterocycles. The topological polar surface area (TPSA) is 121 Å². The molecule has 0 fully saturated rings. The van der Waals surface area contributed by atoms with Crippen LogP contribution in [0.4, 0.5) is 17.3 Å². The summed E-state index contributed by atoms with van der Waals surface area (Å²) in [6.45, 7) is 0. The maximum Gasteiger partial charge on any atom is 0.245 e. The highest BCUT2D eigenvalue weighted by atomic mass is 35.5. The molecule has 0 bridgehead atoms. The summed E-state index contributed by atoms with van der Waals surface area (Å²) >= 11 is 6.02. The Hall–Kier alpha value is -3.72. The minimum atomic E-state index is 0.150. The third kappa shape index (κ3) is 3.93. The molecule has 0 aliphatic heterocycles. The van der Waals surface area contributed by atoms with Gasteiger partial charge in [0.15, 0.2) is 11.6 Å². The van der Waals surface area contributed by atoms with Crippen molar-refractivity contribution in [3.63, 3.8) is 0 Å². The lowest BCUT2D eigenvalue weighted by Crippen LogP contribution is -2.03. The van der Waals surface area contributed by atoms with E-state index < -0.39 is 0 Å². The van der Waals surface area contributed by atoms with Gasteiger partial charge in [-0.05, 0) is 46.2 Å². The summed E-state index contributed by atoms with van der Waals surface area (Å²) < 4.78 is 4.66. The van der Waals surface area contributed by atoms with Crippen LogP contribution in [0.3, 0.4) is 0 Å². The zero-order valence-corrected chi connectivity index (χ0v) is 14.4. The van der Waals surface area contributed by atoms with Crippen LogP contribution < -0.4 is 10.7 Å². The van der Waals surface area contributed by atoms with Crippen molar-refractivity contribution in [1.82, 2.24) is 20.3 Å². The van der Waals surface area contributed by atoms with E-state index in [1.165, 1.54) is 6.21 Å². The number of anilines is 3. The van der Waals surface area contributed by atoms with Crippen molar-refractivity contribution in [2.24, 2.45) is 5.10 Å². The predicted molar refractivity (Wildman–Crippen MR) is 101 cm³/mol. The number of nitrogens with zero attached hydrogens (tertiary/aromatic N) is 5. The molecule has 0 spiro atoms. The summed E-state index contributed by atoms with van der Waals surface area (Å²) in [7, 11) is 0. The smallest absolute Gasteiger partial charge is 0.245 e. The van der Waals surface area contributed by atoms with Crippen molar-refractivity contribution < 1.29 is 9.74 Å². The van der Waals surface area contributed by atoms with Crippen molar-refractivity contribution in [2.45, 2.75) is 0 Å². The average Bonchev–Trinajstić information content (AvgIpc) is 3.09. The van der Waals surface area contributed by atoms with Gasteiger partial charge in [0.05, 0.1) is 6.21 Å². The molecule has 0 aliphatic rings. The van der Waals surface area contributed by atoms with Crippen LogP contribution in [0.2, 0.25) is 5.02 Å². The van der Waals surface area contributed by atoms with E-state index in [1.54, 1.807) is 42.5 Å². The van der Waals surface area contributed by atoms with Gasteiger partial charge >= 0.3 is 0 Å². The Morgan fingerprint density at radius 1 is 1.00 bits per heavy atom. The first kappa shape index (κ1) is 16.7. The molecule has 134 valence electrons. The average molecular weight is 382 g/mol. The number of aromatic hydroxyl groups is 1. The number of phenolic OH excluding ortho intramolecular Hbond substituents is 1. The summed E-state index contributed by atoms with van der Waals surface area (Å²) in [6, 6.07) is 13.8. The lowest BCUT2D eigenvalue weighted by molar-refractivity contribution is 0.314. The van der Waals surface area contributed by atoms with E-state index in [-0.39, 0.29) is 17.0 Å². The van der Waals surface area contributed by atoms with Crippen molar-refractivity contribution in [2.75, 3.05) is 10.7 Å². The predicted octanol–water partition coefficient (Wildman–Crippen LogP) is 3.56. The van der Waals surface area contributed by atoms with Gasteiger partial charge in [0.25, 0.3) is 0 Å². The Kier molecular flexibility index (Phi) is 4.50. The number of benzene rings is 2. The highest BCUT2D eigenvalue weighted by molar-refractivity contribution is 6.30. The molecule has 0 saturated carbocycles. The van der Waals surface area contributed by atoms with Gasteiger partial charge in [0.1, 0.15) is 5.75 Å². The van der Waals surface area contributed by atoms with E-state index in [9.17, 15) is 5.11 Å². The van der Waals surface area contributed by atoms with E-state index >= 15 is 0 Å². The maximum atomic E-state index is 9.50. The fourth-order valence-corrected chi connectivity index (χ4v) is 2.47. The number of hydrogen-bond acceptors (Lipinski definition) is 9. The second kappa shape index (κ2) is 7.26. The monoisotopic (exact) mass is 381 g/mol. The first-order valence-corrected chi connectivity index (χ1v) is 8.16. The van der Waals surface area contributed by atoms with Gasteiger partial charge in [-0.3, -0.25) is 5.43 Å². The molecule has 3 N–H and O–H groups in total. The molecule has 4 aromatic rings. The van der Waals surface area contributed by atoms with Crippen LogP contribution in [0.15, 0.2) is 58.3 Å². The molecule has 10 heteroatoms. The highest BCUT2D eigenvalue weighted by Gasteiger charge is 2.12. The number of hydrazone groups is 1. The Morgan fingerprint density at radius 3 is 2.56 bits per heavy atom. The number of phenols is 1. The van der Waals surface area contributed by atoms with Crippen LogP contribution >= 0.6 is 11.6 Å². The van der Waals surface area contributed by atoms with Crippen LogP contribution in [0, 0.1) is 0 Å². The van der Waals surface area contributed by atoms with Gasteiger partial charge < -0.3 is 10.4 Å². The van der Waals surface area contributed by atoms with E-state index in [2.05, 4.69) is 40.8 Å². The largest absolute Gasteiger partial charge is 0.508 e. The molecule has 0 amide bonds. The summed E-state index contributed by atoms with van der Waals surface area (Å²) in [5, 5.41) is 24.7. The van der Waals surface area contributed by atoms with Crippen LogP contribution in [0.1, 0.15) is 5.56 Å². The van der Waals surface area contributed by atoms with Crippen LogP contribution in [-0.2, 0) is 0 Å². The molecule has 2 heterocycles. The van der Waals surface area contributed by atoms with Crippen molar-refractivity contribution >= 4 is 46.4 Å². The molecular weight excluding hydrogens is 370 g/mol. The lowest BCUT2D eigenvalue weighted by atomic mass is 10.2. The highest BCUT2D eigenvalue weighted by Crippen LogP contribution is 2.25. The third-order valence-corrected chi connectivity index (χ3v) is 3.69. The summed E-state index contributed by atoms with van der Waals surface area (Å²) in [5.74, 6) is 0.834. The minimum Gasteiger partial charge on any atom is -0.508 e. The quantitative estimate of drug-likeness (QED) is 0.354. The number of nitrogens with one attached hydrogen (secondary N) is 2. The van der Waals surface area contributed by atoms with Crippen LogP contribution in [0.5, 0.6) is 5.75 Å².